The third kappa shape index (κ3) is 7.32. The number of carbonyl (C=O) groups is 2. The second-order valence-corrected chi connectivity index (χ2v) is 15.0. The lowest BCUT2D eigenvalue weighted by atomic mass is 9.86. The molecule has 0 bridgehead atoms. The summed E-state index contributed by atoms with van der Waals surface area (Å²) in [5.74, 6) is -2.94. The molecule has 3 aliphatic heterocycles. The molecule has 1 unspecified atom stereocenters. The van der Waals surface area contributed by atoms with Crippen LogP contribution >= 0.6 is 0 Å². The van der Waals surface area contributed by atoms with Crippen molar-refractivity contribution in [2.24, 2.45) is 0 Å². The number of para-hydroxylation sites is 2. The van der Waals surface area contributed by atoms with E-state index >= 15 is 9.18 Å². The van der Waals surface area contributed by atoms with Crippen LogP contribution in [-0.4, -0.2) is 107 Å². The van der Waals surface area contributed by atoms with E-state index in [2.05, 4.69) is 16.7 Å². The fraction of sp³-hybridized carbons (Fsp3) is 0.447. The summed E-state index contributed by atoms with van der Waals surface area (Å²) >= 11 is 0. The zero-order valence-corrected chi connectivity index (χ0v) is 30.9. The van der Waals surface area contributed by atoms with Crippen LogP contribution in [0.25, 0.3) is 0 Å². The molecule has 3 aliphatic rings. The number of anilines is 1. The van der Waals surface area contributed by atoms with Gasteiger partial charge in [0.15, 0.2) is 0 Å². The Morgan fingerprint density at radius 1 is 0.944 bits per heavy atom. The molecule has 16 heteroatoms. The van der Waals surface area contributed by atoms with Gasteiger partial charge in [0, 0.05) is 50.9 Å². The normalized spacial score (nSPS) is 19.8. The van der Waals surface area contributed by atoms with Gasteiger partial charge in [-0.1, -0.05) is 37.3 Å². The lowest BCUT2D eigenvalue weighted by molar-refractivity contribution is -0.132. The van der Waals surface area contributed by atoms with Crippen molar-refractivity contribution in [2.75, 3.05) is 63.3 Å². The fourth-order valence-corrected chi connectivity index (χ4v) is 9.05. The van der Waals surface area contributed by atoms with Crippen molar-refractivity contribution in [1.82, 2.24) is 14.7 Å². The van der Waals surface area contributed by atoms with Gasteiger partial charge in [-0.15, -0.1) is 0 Å². The van der Waals surface area contributed by atoms with Crippen LogP contribution in [0, 0.1) is 17.1 Å². The number of nitrogens with zero attached hydrogens (tertiary/aromatic N) is 5. The van der Waals surface area contributed by atoms with E-state index in [0.717, 1.165) is 51.3 Å². The van der Waals surface area contributed by atoms with Gasteiger partial charge in [0.25, 0.3) is 22.4 Å². The molecule has 0 spiro atoms. The number of rotatable bonds is 12. The molecule has 2 amide bonds. The molecule has 2 saturated heterocycles. The van der Waals surface area contributed by atoms with Gasteiger partial charge < -0.3 is 24.0 Å². The third-order valence-electron chi connectivity index (χ3n) is 10.0. The number of likely N-dealkylation sites (tertiary alicyclic amines) is 1. The molecule has 0 radical (unpaired) electrons. The lowest BCUT2D eigenvalue weighted by Gasteiger charge is -2.43. The van der Waals surface area contributed by atoms with Gasteiger partial charge in [-0.2, -0.15) is 9.57 Å². The summed E-state index contributed by atoms with van der Waals surface area (Å²) in [6.07, 6.45) is -1.68. The molecular formula is C38H42F3N5O7S. The Morgan fingerprint density at radius 3 is 2.26 bits per heavy atom. The number of piperazine rings is 1. The first-order valence-corrected chi connectivity index (χ1v) is 19.4. The summed E-state index contributed by atoms with van der Waals surface area (Å²) in [6, 6.07) is 14.4. The SMILES string of the molecule is CCCN1CCN(C2CCN(C(=O)OC3(c4ccccc4OCC(F)F)C(=O)N(S(=O)(=O)c4ccccc4OCC)c4cc(C#N)c(F)cc43)CC2)CC1. The Morgan fingerprint density at radius 2 is 1.61 bits per heavy atom. The minimum absolute atomic E-state index is 0.0724. The van der Waals surface area contributed by atoms with Gasteiger partial charge in [-0.05, 0) is 63.1 Å². The van der Waals surface area contributed by atoms with Crippen molar-refractivity contribution < 1.29 is 45.4 Å². The highest BCUT2D eigenvalue weighted by Gasteiger charge is 2.61. The van der Waals surface area contributed by atoms with E-state index in [0.29, 0.717) is 17.1 Å². The highest BCUT2D eigenvalue weighted by Crippen LogP contribution is 2.53. The predicted molar refractivity (Wildman–Crippen MR) is 191 cm³/mol. The zero-order chi connectivity index (χ0) is 38.6. The molecule has 1 atom stereocenters. The van der Waals surface area contributed by atoms with Gasteiger partial charge in [0.2, 0.25) is 5.60 Å². The number of alkyl halides is 2. The van der Waals surface area contributed by atoms with Gasteiger partial charge in [-0.25, -0.2) is 26.4 Å². The molecule has 12 nitrogen and oxygen atoms in total. The fourth-order valence-electron chi connectivity index (χ4n) is 7.47. The van der Waals surface area contributed by atoms with Crippen LogP contribution in [0.3, 0.4) is 0 Å². The van der Waals surface area contributed by atoms with E-state index in [4.69, 9.17) is 14.2 Å². The highest BCUT2D eigenvalue weighted by atomic mass is 32.2. The lowest BCUT2D eigenvalue weighted by Crippen LogP contribution is -2.54. The Kier molecular flexibility index (Phi) is 11.7. The first kappa shape index (κ1) is 38.9. The molecule has 3 aromatic carbocycles. The quantitative estimate of drug-likeness (QED) is 0.238. The number of sulfonamides is 1. The molecule has 54 heavy (non-hydrogen) atoms. The Bertz CT molecular complexity index is 2010. The molecular weight excluding hydrogens is 728 g/mol. The van der Waals surface area contributed by atoms with Crippen LogP contribution in [-0.2, 0) is 25.2 Å². The predicted octanol–water partition coefficient (Wildman–Crippen LogP) is 5.35. The number of hydrogen-bond acceptors (Lipinski definition) is 10. The number of carbonyl (C=O) groups excluding carboxylic acids is 2. The molecule has 0 N–H and O–H groups in total. The van der Waals surface area contributed by atoms with Gasteiger partial charge >= 0.3 is 6.09 Å². The molecule has 0 saturated carbocycles. The Labute approximate surface area is 312 Å². The largest absolute Gasteiger partial charge is 0.492 e. The van der Waals surface area contributed by atoms with Crippen LogP contribution < -0.4 is 13.8 Å². The van der Waals surface area contributed by atoms with Crippen LogP contribution in [0.4, 0.5) is 23.7 Å². The molecule has 3 aromatic rings. The topological polar surface area (TPSA) is 133 Å². The molecule has 288 valence electrons. The minimum Gasteiger partial charge on any atom is -0.492 e. The van der Waals surface area contributed by atoms with E-state index in [-0.39, 0.29) is 42.8 Å². The van der Waals surface area contributed by atoms with Crippen molar-refractivity contribution in [3.63, 3.8) is 0 Å². The van der Waals surface area contributed by atoms with Gasteiger partial charge in [0.1, 0.15) is 34.9 Å². The number of ether oxygens (including phenoxy) is 3. The molecule has 3 heterocycles. The van der Waals surface area contributed by atoms with E-state index < -0.39 is 68.2 Å². The molecule has 6 rings (SSSR count). The van der Waals surface area contributed by atoms with Crippen LogP contribution in [0.15, 0.2) is 65.6 Å². The Balaban J connectivity index is 1.43. The maximum atomic E-state index is 15.7. The number of fused-ring (bicyclic) bond motifs is 1. The molecule has 2 fully saturated rings. The standard InChI is InChI=1S/C38H42F3N5O7S/c1-3-15-43-18-20-44(21-19-43)27-13-16-45(17-14-27)37(48)53-38(28-9-5-6-10-32(28)52-25-35(40)41)29-23-30(39)26(24-42)22-31(29)46(36(38)47)54(49,50)34-12-8-7-11-33(34)51-4-2/h5-12,22-23,27,35H,3-4,13-21,25H2,1-2H3. The van der Waals surface area contributed by atoms with Crippen molar-refractivity contribution >= 4 is 27.7 Å². The molecule has 0 aromatic heterocycles. The number of amides is 2. The first-order valence-electron chi connectivity index (χ1n) is 18.0. The van der Waals surface area contributed by atoms with Gasteiger partial charge in [0.05, 0.1) is 23.4 Å². The smallest absolute Gasteiger partial charge is 0.411 e. The number of nitriles is 1. The number of halogens is 3. The van der Waals surface area contributed by atoms with Crippen molar-refractivity contribution in [3.05, 3.63) is 83.2 Å². The van der Waals surface area contributed by atoms with E-state index in [1.807, 2.05) is 0 Å². The highest BCUT2D eigenvalue weighted by molar-refractivity contribution is 7.93. The van der Waals surface area contributed by atoms with Crippen molar-refractivity contribution in [3.8, 4) is 17.6 Å². The summed E-state index contributed by atoms with van der Waals surface area (Å²) in [6.45, 7) is 7.95. The summed E-state index contributed by atoms with van der Waals surface area (Å²) in [4.78, 5) is 35.2. The monoisotopic (exact) mass is 769 g/mol. The number of piperidine rings is 1. The second-order valence-electron chi connectivity index (χ2n) is 13.3. The van der Waals surface area contributed by atoms with E-state index in [1.54, 1.807) is 13.0 Å². The first-order chi connectivity index (χ1) is 26.0. The molecule has 0 aliphatic carbocycles. The van der Waals surface area contributed by atoms with Crippen LogP contribution in [0.1, 0.15) is 49.8 Å². The van der Waals surface area contributed by atoms with Crippen LogP contribution in [0.5, 0.6) is 11.5 Å². The Hall–Kier alpha value is -4.85. The summed E-state index contributed by atoms with van der Waals surface area (Å²) in [7, 11) is -4.95. The van der Waals surface area contributed by atoms with Crippen LogP contribution in [0.2, 0.25) is 0 Å². The second kappa shape index (κ2) is 16.3. The maximum Gasteiger partial charge on any atom is 0.411 e. The van der Waals surface area contributed by atoms with Gasteiger partial charge in [-0.3, -0.25) is 9.69 Å². The average molecular weight is 770 g/mol. The average Bonchev–Trinajstić information content (AvgIpc) is 3.41. The van der Waals surface area contributed by atoms with Crippen molar-refractivity contribution in [1.29, 1.82) is 5.26 Å². The summed E-state index contributed by atoms with van der Waals surface area (Å²) < 4.78 is 89.3. The number of benzene rings is 3. The minimum atomic E-state index is -4.95. The van der Waals surface area contributed by atoms with Crippen molar-refractivity contribution in [2.45, 2.75) is 56.1 Å². The van der Waals surface area contributed by atoms with E-state index in [1.165, 1.54) is 53.4 Å². The summed E-state index contributed by atoms with van der Waals surface area (Å²) in [5, 5.41) is 9.77. The van der Waals surface area contributed by atoms with E-state index in [9.17, 15) is 27.3 Å². The zero-order valence-electron chi connectivity index (χ0n) is 30.0. The number of hydrogen-bond donors (Lipinski definition) is 0. The third-order valence-corrected chi connectivity index (χ3v) is 11.8. The maximum absolute atomic E-state index is 15.7. The summed E-state index contributed by atoms with van der Waals surface area (Å²) in [5.41, 5.74) is -4.59.